The summed E-state index contributed by atoms with van der Waals surface area (Å²) in [6.07, 6.45) is 44.4. The lowest BCUT2D eigenvalue weighted by molar-refractivity contribution is -0.305. The van der Waals surface area contributed by atoms with Gasteiger partial charge in [0.15, 0.2) is 12.4 Å². The van der Waals surface area contributed by atoms with Crippen LogP contribution in [-0.2, 0) is 23.8 Å². The molecule has 0 aromatic carbocycles. The lowest BCUT2D eigenvalue weighted by Crippen LogP contribution is -2.61. The number of unbranched alkanes of at least 4 members (excludes halogenated alkanes) is 28. The molecule has 1 amide bonds. The highest BCUT2D eigenvalue weighted by atomic mass is 16.7. The molecule has 0 spiro atoms. The molecule has 1 heterocycles. The Kier molecular flexibility index (Phi) is 43.7. The van der Waals surface area contributed by atoms with Crippen LogP contribution in [0.4, 0.5) is 0 Å². The van der Waals surface area contributed by atoms with Gasteiger partial charge in [-0.1, -0.05) is 211 Å². The number of amides is 1. The van der Waals surface area contributed by atoms with E-state index < -0.39 is 67.4 Å². The monoisotopic (exact) mass is 976 g/mol. The van der Waals surface area contributed by atoms with Gasteiger partial charge >= 0.3 is 5.97 Å². The number of nitrogens with one attached hydrogen (secondary N) is 1. The quantitative estimate of drug-likeness (QED) is 0.0149. The Morgan fingerprint density at radius 2 is 1.00 bits per heavy atom. The third-order valence-corrected chi connectivity index (χ3v) is 13.2. The molecule has 1 fully saturated rings. The van der Waals surface area contributed by atoms with Gasteiger partial charge < -0.3 is 45.1 Å². The summed E-state index contributed by atoms with van der Waals surface area (Å²) in [7, 11) is 0. The number of esters is 1. The molecule has 8 atom stereocenters. The van der Waals surface area contributed by atoms with Crippen molar-refractivity contribution in [3.05, 3.63) is 48.6 Å². The van der Waals surface area contributed by atoms with Crippen LogP contribution in [0.2, 0.25) is 0 Å². The van der Waals surface area contributed by atoms with Crippen LogP contribution in [0.1, 0.15) is 245 Å². The molecular formula is C58H105NO10. The van der Waals surface area contributed by atoms with Crippen molar-refractivity contribution >= 4 is 11.9 Å². The van der Waals surface area contributed by atoms with E-state index in [4.69, 9.17) is 14.2 Å². The van der Waals surface area contributed by atoms with Crippen molar-refractivity contribution in [3.63, 3.8) is 0 Å². The van der Waals surface area contributed by atoms with Gasteiger partial charge in [-0.05, 0) is 77.0 Å². The molecule has 0 aromatic heterocycles. The predicted octanol–water partition coefficient (Wildman–Crippen LogP) is 12.5. The summed E-state index contributed by atoms with van der Waals surface area (Å²) >= 11 is 0. The van der Waals surface area contributed by atoms with Crippen LogP contribution in [0.5, 0.6) is 0 Å². The third-order valence-electron chi connectivity index (χ3n) is 13.2. The molecule has 1 aliphatic heterocycles. The SMILES string of the molecule is CCCCC/C=C/C=C/CCCCCCCCC(=O)OC1C(OCC(NC(=O)C(O)CCCC/C=C\CCCCCCCC)C(O)/C=C/CCCCCCCCCCCCC)OC(CO)C(O)C1O. The lowest BCUT2D eigenvalue weighted by Gasteiger charge is -2.41. The second-order valence-electron chi connectivity index (χ2n) is 19.7. The Morgan fingerprint density at radius 1 is 0.565 bits per heavy atom. The molecule has 1 rings (SSSR count). The second kappa shape index (κ2) is 46.7. The summed E-state index contributed by atoms with van der Waals surface area (Å²) in [5, 5.41) is 56.7. The maximum Gasteiger partial charge on any atom is 0.306 e. The molecule has 1 aliphatic rings. The Morgan fingerprint density at radius 3 is 1.52 bits per heavy atom. The van der Waals surface area contributed by atoms with E-state index in [0.717, 1.165) is 83.5 Å². The molecule has 0 aromatic rings. The number of aliphatic hydroxyl groups excluding tert-OH is 5. The zero-order chi connectivity index (χ0) is 50.4. The minimum Gasteiger partial charge on any atom is -0.454 e. The number of carbonyl (C=O) groups excluding carboxylic acids is 2. The van der Waals surface area contributed by atoms with Gasteiger partial charge in [0.1, 0.15) is 24.4 Å². The van der Waals surface area contributed by atoms with Crippen molar-refractivity contribution < 1.29 is 49.3 Å². The maximum atomic E-state index is 13.3. The molecule has 0 aliphatic carbocycles. The molecule has 69 heavy (non-hydrogen) atoms. The summed E-state index contributed by atoms with van der Waals surface area (Å²) in [6, 6.07) is -1.03. The Labute approximate surface area is 421 Å². The van der Waals surface area contributed by atoms with Crippen molar-refractivity contribution in [2.45, 2.75) is 294 Å². The number of carbonyl (C=O) groups is 2. The van der Waals surface area contributed by atoms with Crippen LogP contribution in [0, 0.1) is 0 Å². The largest absolute Gasteiger partial charge is 0.454 e. The van der Waals surface area contributed by atoms with Gasteiger partial charge in [0.25, 0.3) is 0 Å². The lowest BCUT2D eigenvalue weighted by atomic mass is 9.99. The average Bonchev–Trinajstić information content (AvgIpc) is 3.34. The molecule has 1 saturated heterocycles. The van der Waals surface area contributed by atoms with E-state index in [1.807, 2.05) is 6.08 Å². The van der Waals surface area contributed by atoms with E-state index in [2.05, 4.69) is 62.5 Å². The van der Waals surface area contributed by atoms with Gasteiger partial charge in [0, 0.05) is 6.42 Å². The van der Waals surface area contributed by atoms with Crippen LogP contribution >= 0.6 is 0 Å². The van der Waals surface area contributed by atoms with Gasteiger partial charge in [-0.25, -0.2) is 0 Å². The van der Waals surface area contributed by atoms with Gasteiger partial charge in [0.05, 0.1) is 25.4 Å². The van der Waals surface area contributed by atoms with Crippen molar-refractivity contribution in [1.29, 1.82) is 0 Å². The predicted molar refractivity (Wildman–Crippen MR) is 283 cm³/mol. The fraction of sp³-hybridized carbons (Fsp3) is 0.828. The molecule has 0 saturated carbocycles. The minimum absolute atomic E-state index is 0.109. The molecule has 6 N–H and O–H groups in total. The van der Waals surface area contributed by atoms with Crippen LogP contribution in [0.3, 0.4) is 0 Å². The van der Waals surface area contributed by atoms with Gasteiger partial charge in [-0.2, -0.15) is 0 Å². The average molecular weight is 976 g/mol. The number of allylic oxidation sites excluding steroid dienone is 7. The normalized spacial score (nSPS) is 20.1. The van der Waals surface area contributed by atoms with E-state index in [9.17, 15) is 35.1 Å². The molecule has 402 valence electrons. The fourth-order valence-corrected chi connectivity index (χ4v) is 8.64. The maximum absolute atomic E-state index is 13.3. The van der Waals surface area contributed by atoms with Crippen LogP contribution in [-0.4, -0.2) is 99.6 Å². The van der Waals surface area contributed by atoms with Crippen molar-refractivity contribution in [3.8, 4) is 0 Å². The highest BCUT2D eigenvalue weighted by Gasteiger charge is 2.47. The number of ether oxygens (including phenoxy) is 3. The van der Waals surface area contributed by atoms with Crippen molar-refractivity contribution in [2.24, 2.45) is 0 Å². The summed E-state index contributed by atoms with van der Waals surface area (Å²) in [6.45, 7) is 5.72. The molecule has 11 heteroatoms. The molecular weight excluding hydrogens is 871 g/mol. The fourth-order valence-electron chi connectivity index (χ4n) is 8.64. The van der Waals surface area contributed by atoms with E-state index in [0.29, 0.717) is 12.8 Å². The number of hydrogen-bond donors (Lipinski definition) is 6. The summed E-state index contributed by atoms with van der Waals surface area (Å²) < 4.78 is 17.5. The van der Waals surface area contributed by atoms with Gasteiger partial charge in [-0.3, -0.25) is 9.59 Å². The number of hydrogen-bond acceptors (Lipinski definition) is 10. The van der Waals surface area contributed by atoms with Gasteiger partial charge in [0.2, 0.25) is 5.91 Å². The molecule has 0 radical (unpaired) electrons. The Hall–Kier alpha value is -2.38. The number of rotatable bonds is 47. The van der Waals surface area contributed by atoms with Gasteiger partial charge in [-0.15, -0.1) is 0 Å². The topological polar surface area (TPSA) is 175 Å². The third kappa shape index (κ3) is 35.4. The van der Waals surface area contributed by atoms with Crippen molar-refractivity contribution in [1.82, 2.24) is 5.32 Å². The van der Waals surface area contributed by atoms with Crippen molar-refractivity contribution in [2.75, 3.05) is 13.2 Å². The second-order valence-corrected chi connectivity index (χ2v) is 19.7. The Balaban J connectivity index is 2.77. The first kappa shape index (κ1) is 64.6. The zero-order valence-corrected chi connectivity index (χ0v) is 44.2. The standard InChI is InChI=1S/C58H105NO10/c1-4-7-10-13-16-19-22-25-26-28-31-34-37-40-43-46-53(63)69-56-55(65)54(64)52(47-60)68-58(56)67-48-49(50(61)44-41-38-35-32-30-27-23-20-17-14-11-8-5-2)59-57(66)51(62)45-42-39-36-33-29-24-21-18-15-12-9-6-3/h16,19,22,25,29,33,41,44,49-52,54-56,58,60-62,64-65H,4-15,17-18,20-21,23-24,26-28,30-32,34-40,42-43,45-48H2,1-3H3,(H,59,66)/b19-16+,25-22+,33-29-,44-41+. The highest BCUT2D eigenvalue weighted by molar-refractivity contribution is 5.80. The van der Waals surface area contributed by atoms with E-state index >= 15 is 0 Å². The summed E-state index contributed by atoms with van der Waals surface area (Å²) in [4.78, 5) is 26.4. The first-order chi connectivity index (χ1) is 33.7. The van der Waals surface area contributed by atoms with Crippen LogP contribution < -0.4 is 5.32 Å². The first-order valence-corrected chi connectivity index (χ1v) is 28.4. The molecule has 11 nitrogen and oxygen atoms in total. The smallest absolute Gasteiger partial charge is 0.306 e. The summed E-state index contributed by atoms with van der Waals surface area (Å²) in [5.74, 6) is -1.22. The minimum atomic E-state index is -1.62. The van der Waals surface area contributed by atoms with E-state index in [-0.39, 0.29) is 19.4 Å². The first-order valence-electron chi connectivity index (χ1n) is 28.4. The molecule has 8 unspecified atom stereocenters. The van der Waals surface area contributed by atoms with E-state index in [1.165, 1.54) is 116 Å². The highest BCUT2D eigenvalue weighted by Crippen LogP contribution is 2.26. The number of aliphatic hydroxyl groups is 5. The van der Waals surface area contributed by atoms with Crippen LogP contribution in [0.25, 0.3) is 0 Å². The summed E-state index contributed by atoms with van der Waals surface area (Å²) in [5.41, 5.74) is 0. The zero-order valence-electron chi connectivity index (χ0n) is 44.2. The van der Waals surface area contributed by atoms with Crippen LogP contribution in [0.15, 0.2) is 48.6 Å². The Bertz CT molecular complexity index is 1300. The molecule has 0 bridgehead atoms. The van der Waals surface area contributed by atoms with E-state index in [1.54, 1.807) is 6.08 Å².